The van der Waals surface area contributed by atoms with Gasteiger partial charge in [-0.3, -0.25) is 9.69 Å². The molecule has 1 aliphatic heterocycles. The molecule has 1 amide bonds. The third-order valence-electron chi connectivity index (χ3n) is 6.33. The van der Waals surface area contributed by atoms with Gasteiger partial charge in [0.15, 0.2) is 11.5 Å². The minimum Gasteiger partial charge on any atom is -0.497 e. The molecule has 3 aromatic carbocycles. The van der Waals surface area contributed by atoms with Gasteiger partial charge in [0.2, 0.25) is 0 Å². The zero-order valence-corrected chi connectivity index (χ0v) is 20.6. The van der Waals surface area contributed by atoms with E-state index in [1.54, 1.807) is 19.1 Å². The SMILES string of the molecule is COc1ccc(N2C(=O)c3ccccc3NC2c2ccc(OCc3c(C)noc3C)c(OC)c2)cc1. The normalized spacial score (nSPS) is 14.7. The highest BCUT2D eigenvalue weighted by molar-refractivity contribution is 6.12. The second-order valence-electron chi connectivity index (χ2n) is 8.47. The number of aromatic nitrogens is 1. The van der Waals surface area contributed by atoms with Crippen LogP contribution in [0.15, 0.2) is 71.3 Å². The fourth-order valence-corrected chi connectivity index (χ4v) is 4.33. The number of aryl methyl sites for hydroxylation is 2. The van der Waals surface area contributed by atoms with Gasteiger partial charge in [-0.25, -0.2) is 0 Å². The Morgan fingerprint density at radius 2 is 1.75 bits per heavy atom. The molecule has 5 rings (SSSR count). The van der Waals surface area contributed by atoms with Gasteiger partial charge >= 0.3 is 0 Å². The summed E-state index contributed by atoms with van der Waals surface area (Å²) in [6.45, 7) is 4.05. The highest BCUT2D eigenvalue weighted by Gasteiger charge is 2.34. The Morgan fingerprint density at radius 3 is 2.44 bits per heavy atom. The number of hydrogen-bond donors (Lipinski definition) is 1. The lowest BCUT2D eigenvalue weighted by atomic mass is 10.0. The number of benzene rings is 3. The first-order valence-electron chi connectivity index (χ1n) is 11.6. The molecule has 8 heteroatoms. The second kappa shape index (κ2) is 9.65. The Labute approximate surface area is 209 Å². The van der Waals surface area contributed by atoms with Crippen LogP contribution in [0.4, 0.5) is 11.4 Å². The van der Waals surface area contributed by atoms with Crippen molar-refractivity contribution in [2.24, 2.45) is 0 Å². The summed E-state index contributed by atoms with van der Waals surface area (Å²) in [5.74, 6) is 2.48. The molecule has 0 spiro atoms. The topological polar surface area (TPSA) is 86.1 Å². The lowest BCUT2D eigenvalue weighted by molar-refractivity contribution is 0.0975. The maximum atomic E-state index is 13.7. The number of carbonyl (C=O) groups excluding carboxylic acids is 1. The van der Waals surface area contributed by atoms with Crippen molar-refractivity contribution in [2.75, 3.05) is 24.4 Å². The van der Waals surface area contributed by atoms with E-state index < -0.39 is 6.17 Å². The Bertz CT molecular complexity index is 1380. The number of nitrogens with one attached hydrogen (secondary N) is 1. The zero-order valence-electron chi connectivity index (χ0n) is 20.6. The summed E-state index contributed by atoms with van der Waals surface area (Å²) in [6.07, 6.45) is -0.466. The Hall–Kier alpha value is -4.46. The van der Waals surface area contributed by atoms with E-state index in [9.17, 15) is 4.79 Å². The van der Waals surface area contributed by atoms with Gasteiger partial charge in [0, 0.05) is 11.4 Å². The number of nitrogens with zero attached hydrogens (tertiary/aromatic N) is 2. The summed E-state index contributed by atoms with van der Waals surface area (Å²) < 4.78 is 22.2. The predicted octanol–water partition coefficient (Wildman–Crippen LogP) is 5.66. The van der Waals surface area contributed by atoms with Gasteiger partial charge in [-0.1, -0.05) is 23.4 Å². The smallest absolute Gasteiger partial charge is 0.262 e. The van der Waals surface area contributed by atoms with E-state index in [-0.39, 0.29) is 5.91 Å². The summed E-state index contributed by atoms with van der Waals surface area (Å²) in [6, 6.07) is 20.6. The van der Waals surface area contributed by atoms with E-state index in [1.807, 2.05) is 80.6 Å². The third kappa shape index (κ3) is 4.22. The molecule has 0 radical (unpaired) electrons. The summed E-state index contributed by atoms with van der Waals surface area (Å²) in [7, 11) is 3.21. The van der Waals surface area contributed by atoms with E-state index in [1.165, 1.54) is 0 Å². The van der Waals surface area contributed by atoms with Crippen LogP contribution in [0, 0.1) is 13.8 Å². The summed E-state index contributed by atoms with van der Waals surface area (Å²) in [5.41, 5.74) is 4.66. The van der Waals surface area contributed by atoms with Crippen molar-refractivity contribution < 1.29 is 23.5 Å². The molecule has 1 N–H and O–H groups in total. The Balaban J connectivity index is 1.50. The van der Waals surface area contributed by atoms with Crippen molar-refractivity contribution in [2.45, 2.75) is 26.6 Å². The molecule has 2 heterocycles. The number of ether oxygens (including phenoxy) is 3. The first-order valence-corrected chi connectivity index (χ1v) is 11.6. The van der Waals surface area contributed by atoms with Crippen LogP contribution in [-0.2, 0) is 6.61 Å². The average molecular weight is 486 g/mol. The largest absolute Gasteiger partial charge is 0.497 e. The van der Waals surface area contributed by atoms with E-state index in [0.717, 1.165) is 39.7 Å². The summed E-state index contributed by atoms with van der Waals surface area (Å²) in [4.78, 5) is 15.4. The van der Waals surface area contributed by atoms with Gasteiger partial charge in [-0.05, 0) is 67.9 Å². The van der Waals surface area contributed by atoms with Gasteiger partial charge < -0.3 is 24.1 Å². The molecule has 0 saturated heterocycles. The Kier molecular flexibility index (Phi) is 6.25. The van der Waals surface area contributed by atoms with Gasteiger partial charge in [-0.2, -0.15) is 0 Å². The van der Waals surface area contributed by atoms with Crippen LogP contribution in [0.5, 0.6) is 17.2 Å². The lowest BCUT2D eigenvalue weighted by Gasteiger charge is -2.38. The third-order valence-corrected chi connectivity index (χ3v) is 6.33. The maximum absolute atomic E-state index is 13.7. The van der Waals surface area contributed by atoms with Crippen LogP contribution in [-0.4, -0.2) is 25.3 Å². The molecule has 8 nitrogen and oxygen atoms in total. The van der Waals surface area contributed by atoms with E-state index >= 15 is 0 Å². The van der Waals surface area contributed by atoms with E-state index in [2.05, 4.69) is 10.5 Å². The van der Waals surface area contributed by atoms with Crippen LogP contribution in [0.3, 0.4) is 0 Å². The number of hydrogen-bond acceptors (Lipinski definition) is 7. The van der Waals surface area contributed by atoms with Gasteiger partial charge in [0.25, 0.3) is 5.91 Å². The van der Waals surface area contributed by atoms with Gasteiger partial charge in [-0.15, -0.1) is 0 Å². The van der Waals surface area contributed by atoms with Crippen LogP contribution in [0.1, 0.15) is 39.1 Å². The van der Waals surface area contributed by atoms with Crippen molar-refractivity contribution in [1.29, 1.82) is 0 Å². The van der Waals surface area contributed by atoms with Gasteiger partial charge in [0.1, 0.15) is 24.3 Å². The second-order valence-corrected chi connectivity index (χ2v) is 8.47. The molecular weight excluding hydrogens is 458 g/mol. The van der Waals surface area contributed by atoms with Crippen molar-refractivity contribution in [3.05, 3.63) is 94.9 Å². The van der Waals surface area contributed by atoms with Crippen molar-refractivity contribution in [3.8, 4) is 17.2 Å². The first kappa shape index (κ1) is 23.3. The fourth-order valence-electron chi connectivity index (χ4n) is 4.33. The van der Waals surface area contributed by atoms with E-state index in [4.69, 9.17) is 18.7 Å². The molecule has 0 aliphatic carbocycles. The van der Waals surface area contributed by atoms with Crippen LogP contribution >= 0.6 is 0 Å². The molecule has 0 fully saturated rings. The summed E-state index contributed by atoms with van der Waals surface area (Å²) in [5, 5.41) is 7.50. The predicted molar refractivity (Wildman–Crippen MR) is 136 cm³/mol. The molecule has 1 aromatic heterocycles. The van der Waals surface area contributed by atoms with Crippen LogP contribution in [0.2, 0.25) is 0 Å². The Morgan fingerprint density at radius 1 is 0.972 bits per heavy atom. The number of para-hydroxylation sites is 1. The molecule has 1 atom stereocenters. The zero-order chi connectivity index (χ0) is 25.2. The number of amides is 1. The first-order chi connectivity index (χ1) is 17.5. The fraction of sp³-hybridized carbons (Fsp3) is 0.214. The molecule has 36 heavy (non-hydrogen) atoms. The molecule has 184 valence electrons. The summed E-state index contributed by atoms with van der Waals surface area (Å²) >= 11 is 0. The quantitative estimate of drug-likeness (QED) is 0.362. The highest BCUT2D eigenvalue weighted by atomic mass is 16.5. The highest BCUT2D eigenvalue weighted by Crippen LogP contribution is 2.40. The number of fused-ring (bicyclic) bond motifs is 1. The van der Waals surface area contributed by atoms with Crippen molar-refractivity contribution in [3.63, 3.8) is 0 Å². The molecule has 4 aromatic rings. The van der Waals surface area contributed by atoms with Crippen LogP contribution in [0.25, 0.3) is 0 Å². The molecule has 1 unspecified atom stereocenters. The average Bonchev–Trinajstić information content (AvgIpc) is 3.24. The minimum absolute atomic E-state index is 0.0998. The van der Waals surface area contributed by atoms with Crippen molar-refractivity contribution in [1.82, 2.24) is 5.16 Å². The molecule has 0 bridgehead atoms. The van der Waals surface area contributed by atoms with Crippen LogP contribution < -0.4 is 24.4 Å². The monoisotopic (exact) mass is 485 g/mol. The number of carbonyl (C=O) groups is 1. The minimum atomic E-state index is -0.466. The number of rotatable bonds is 7. The van der Waals surface area contributed by atoms with Gasteiger partial charge in [0.05, 0.1) is 31.0 Å². The molecule has 1 aliphatic rings. The molecule has 0 saturated carbocycles. The van der Waals surface area contributed by atoms with Crippen molar-refractivity contribution >= 4 is 17.3 Å². The standard InChI is InChI=1S/C28H27N3O5/c1-17-23(18(2)36-30-17)16-35-25-14-9-19(15-26(25)34-4)27-29-24-8-6-5-7-22(24)28(32)31(27)20-10-12-21(33-3)13-11-20/h5-15,27,29H,16H2,1-4H3. The van der Waals surface area contributed by atoms with E-state index in [0.29, 0.717) is 23.7 Å². The lowest BCUT2D eigenvalue weighted by Crippen LogP contribution is -2.43. The number of anilines is 2. The maximum Gasteiger partial charge on any atom is 0.262 e. The molecular formula is C28H27N3O5. The number of methoxy groups -OCH3 is 2.